The van der Waals surface area contributed by atoms with E-state index in [0.29, 0.717) is 18.6 Å². The van der Waals surface area contributed by atoms with E-state index in [2.05, 4.69) is 0 Å². The zero-order chi connectivity index (χ0) is 13.5. The van der Waals surface area contributed by atoms with E-state index >= 15 is 0 Å². The van der Waals surface area contributed by atoms with Crippen LogP contribution in [-0.4, -0.2) is 4.57 Å². The summed E-state index contributed by atoms with van der Waals surface area (Å²) >= 11 is 0. The summed E-state index contributed by atoms with van der Waals surface area (Å²) in [4.78, 5) is 0. The average molecular weight is 422 g/mol. The summed E-state index contributed by atoms with van der Waals surface area (Å²) in [6, 6.07) is 3.77. The highest BCUT2D eigenvalue weighted by Crippen LogP contribution is 2.31. The number of fused-ring (bicyclic) bond motifs is 1. The van der Waals surface area contributed by atoms with E-state index in [1.807, 2.05) is 23.1 Å². The molecule has 0 aliphatic rings. The van der Waals surface area contributed by atoms with Crippen molar-refractivity contribution >= 4 is 23.4 Å². The first kappa shape index (κ1) is 19.5. The Morgan fingerprint density at radius 3 is 2.35 bits per heavy atom. The van der Waals surface area contributed by atoms with Gasteiger partial charge in [-0.2, -0.15) is 13.2 Å². The number of alkyl halides is 3. The fourth-order valence-corrected chi connectivity index (χ4v) is 2.26. The molecule has 2 aromatic rings. The second kappa shape index (κ2) is 6.95. The highest BCUT2D eigenvalue weighted by molar-refractivity contribution is 5.85. The van der Waals surface area contributed by atoms with Crippen molar-refractivity contribution in [3.05, 3.63) is 29.6 Å². The molecule has 0 amide bonds. The highest BCUT2D eigenvalue weighted by Gasteiger charge is 2.32. The van der Waals surface area contributed by atoms with Gasteiger partial charge >= 0.3 is 6.18 Å². The molecule has 8 heteroatoms. The Hall–Kier alpha value is -0.540. The van der Waals surface area contributed by atoms with E-state index in [1.165, 1.54) is 12.1 Å². The summed E-state index contributed by atoms with van der Waals surface area (Å²) in [5.41, 5.74) is 6.34. The quantitative estimate of drug-likeness (QED) is 0.510. The van der Waals surface area contributed by atoms with Crippen LogP contribution in [0.4, 0.5) is 13.2 Å². The van der Waals surface area contributed by atoms with Crippen molar-refractivity contribution in [2.24, 2.45) is 12.8 Å². The maximum absolute atomic E-state index is 12.7. The van der Waals surface area contributed by atoms with Crippen molar-refractivity contribution in [1.82, 2.24) is 4.57 Å². The number of rotatable bonds is 2. The van der Waals surface area contributed by atoms with Gasteiger partial charge in [-0.25, -0.2) is 9.13 Å². The molecule has 0 atom stereocenters. The Balaban J connectivity index is 0.00000180. The van der Waals surface area contributed by atoms with Crippen LogP contribution in [0.15, 0.2) is 18.2 Å². The van der Waals surface area contributed by atoms with Gasteiger partial charge in [-0.05, 0) is 19.1 Å². The fourth-order valence-electron chi connectivity index (χ4n) is 2.26. The summed E-state index contributed by atoms with van der Waals surface area (Å²) in [6.07, 6.45) is -4.32. The lowest BCUT2D eigenvalue weighted by Gasteiger charge is -2.05. The van der Waals surface area contributed by atoms with Crippen LogP contribution >= 0.6 is 12.4 Å². The number of imidazole rings is 1. The summed E-state index contributed by atoms with van der Waals surface area (Å²) < 4.78 is 41.7. The number of halogens is 5. The molecular weight excluding hydrogens is 406 g/mol. The molecule has 1 aromatic carbocycles. The topological polar surface area (TPSA) is 34.8 Å². The van der Waals surface area contributed by atoms with Crippen LogP contribution < -0.4 is 34.3 Å². The zero-order valence-electron chi connectivity index (χ0n) is 11.0. The van der Waals surface area contributed by atoms with E-state index in [0.717, 1.165) is 17.4 Å². The number of hydrogen-bond donors (Lipinski definition) is 1. The average Bonchev–Trinajstić information content (AvgIpc) is 2.60. The Morgan fingerprint density at radius 2 is 1.90 bits per heavy atom. The smallest absolute Gasteiger partial charge is 0.416 e. The number of nitrogens with two attached hydrogens (primary N) is 1. The zero-order valence-corrected chi connectivity index (χ0v) is 14.0. The number of hydrogen-bond acceptors (Lipinski definition) is 1. The van der Waals surface area contributed by atoms with E-state index in [-0.39, 0.29) is 36.4 Å². The van der Waals surface area contributed by atoms with Crippen LogP contribution in [0.3, 0.4) is 0 Å². The normalized spacial score (nSPS) is 11.1. The number of nitrogens with zero attached hydrogens (tertiary/aromatic N) is 2. The molecule has 0 spiro atoms. The second-order valence-corrected chi connectivity index (χ2v) is 4.12. The van der Waals surface area contributed by atoms with E-state index in [1.54, 1.807) is 0 Å². The molecule has 0 unspecified atom stereocenters. The maximum Gasteiger partial charge on any atom is 0.416 e. The summed E-state index contributed by atoms with van der Waals surface area (Å²) in [6.45, 7) is 2.77. The van der Waals surface area contributed by atoms with Gasteiger partial charge in [0.2, 0.25) is 0 Å². The first-order valence-corrected chi connectivity index (χ1v) is 5.68. The van der Waals surface area contributed by atoms with Gasteiger partial charge < -0.3 is 29.7 Å². The molecule has 0 bridgehead atoms. The highest BCUT2D eigenvalue weighted by atomic mass is 127. The van der Waals surface area contributed by atoms with Crippen molar-refractivity contribution < 1.29 is 41.7 Å². The van der Waals surface area contributed by atoms with E-state index in [4.69, 9.17) is 5.73 Å². The predicted molar refractivity (Wildman–Crippen MR) is 68.9 cm³/mol. The lowest BCUT2D eigenvalue weighted by Crippen LogP contribution is -3.00. The van der Waals surface area contributed by atoms with Crippen LogP contribution in [0.5, 0.6) is 0 Å². The predicted octanol–water partition coefficient (Wildman–Crippen LogP) is -0.611. The lowest BCUT2D eigenvalue weighted by molar-refractivity contribution is -0.654. The van der Waals surface area contributed by atoms with Crippen LogP contribution in [0.25, 0.3) is 11.0 Å². The molecule has 1 aromatic heterocycles. The maximum atomic E-state index is 12.7. The second-order valence-electron chi connectivity index (χ2n) is 4.12. The molecule has 2 N–H and O–H groups in total. The first-order valence-electron chi connectivity index (χ1n) is 5.68. The number of benzene rings is 1. The monoisotopic (exact) mass is 421 g/mol. The molecule has 20 heavy (non-hydrogen) atoms. The SMILES string of the molecule is CCn1c(CN)[n+](C)c2ccc(C(F)(F)F)cc21.Cl.[I-]. The third kappa shape index (κ3) is 3.20. The Labute approximate surface area is 138 Å². The summed E-state index contributed by atoms with van der Waals surface area (Å²) in [5, 5.41) is 0. The largest absolute Gasteiger partial charge is 1.00 e. The molecule has 0 saturated carbocycles. The van der Waals surface area contributed by atoms with Crippen LogP contribution in [0.2, 0.25) is 0 Å². The van der Waals surface area contributed by atoms with E-state index in [9.17, 15) is 13.2 Å². The molecule has 0 saturated heterocycles. The molecule has 0 aliphatic heterocycles. The third-order valence-corrected chi connectivity index (χ3v) is 3.15. The van der Waals surface area contributed by atoms with Gasteiger partial charge in [-0.3, -0.25) is 0 Å². The molecule has 0 fully saturated rings. The van der Waals surface area contributed by atoms with Gasteiger partial charge in [0, 0.05) is 6.07 Å². The molecular formula is C12H16ClF3IN3. The molecule has 0 radical (unpaired) electrons. The molecule has 3 nitrogen and oxygen atoms in total. The van der Waals surface area contributed by atoms with Crippen molar-refractivity contribution in [2.75, 3.05) is 0 Å². The minimum atomic E-state index is -4.32. The van der Waals surface area contributed by atoms with Crippen molar-refractivity contribution in [3.8, 4) is 0 Å². The van der Waals surface area contributed by atoms with Gasteiger partial charge in [0.1, 0.15) is 0 Å². The van der Waals surface area contributed by atoms with Crippen LogP contribution in [0.1, 0.15) is 18.3 Å². The fraction of sp³-hybridized carbons (Fsp3) is 0.417. The van der Waals surface area contributed by atoms with Crippen molar-refractivity contribution in [1.29, 1.82) is 0 Å². The minimum absolute atomic E-state index is 0. The first-order chi connectivity index (χ1) is 8.40. The molecule has 1 heterocycles. The Morgan fingerprint density at radius 1 is 1.30 bits per heavy atom. The van der Waals surface area contributed by atoms with Gasteiger partial charge in [0.15, 0.2) is 11.0 Å². The molecule has 2 rings (SSSR count). The van der Waals surface area contributed by atoms with Gasteiger partial charge in [0.25, 0.3) is 5.82 Å². The van der Waals surface area contributed by atoms with E-state index < -0.39 is 11.7 Å². The minimum Gasteiger partial charge on any atom is -1.00 e. The van der Waals surface area contributed by atoms with Crippen molar-refractivity contribution in [2.45, 2.75) is 26.2 Å². The molecule has 0 aliphatic carbocycles. The van der Waals surface area contributed by atoms with Gasteiger partial charge in [-0.15, -0.1) is 12.4 Å². The van der Waals surface area contributed by atoms with Gasteiger partial charge in [-0.1, -0.05) is 0 Å². The Bertz CT molecular complexity index is 596. The summed E-state index contributed by atoms with van der Waals surface area (Å²) in [7, 11) is 1.81. The van der Waals surface area contributed by atoms with Crippen LogP contribution in [0, 0.1) is 0 Å². The van der Waals surface area contributed by atoms with Crippen LogP contribution in [-0.2, 0) is 26.3 Å². The van der Waals surface area contributed by atoms with Gasteiger partial charge in [0.05, 0.1) is 25.7 Å². The third-order valence-electron chi connectivity index (χ3n) is 3.15. The summed E-state index contributed by atoms with van der Waals surface area (Å²) in [5.74, 6) is 0.812. The lowest BCUT2D eigenvalue weighted by atomic mass is 10.2. The molecule has 114 valence electrons. The van der Waals surface area contributed by atoms with Crippen molar-refractivity contribution in [3.63, 3.8) is 0 Å². The number of aryl methyl sites for hydroxylation is 2. The Kier molecular flexibility index (Phi) is 6.76. The standard InChI is InChI=1S/C12H15F3N3.ClH.HI/c1-3-18-10-6-8(12(13,14)15)4-5-9(10)17(2)11(18)7-16;;/h4-6H,3,7,16H2,1-2H3;2*1H/q+1;;/p-1. The number of aromatic nitrogens is 2.